The fraction of sp³-hybridized carbons (Fsp3) is 0.769. The van der Waals surface area contributed by atoms with Crippen LogP contribution in [0.1, 0.15) is 126 Å². The number of aliphatic hydroxyl groups is 3. The molecule has 374 valence electrons. The second-order valence-corrected chi connectivity index (χ2v) is 20.1. The number of hydrogen-bond acceptors (Lipinski definition) is 13. The molecule has 0 radical (unpaired) electrons. The van der Waals surface area contributed by atoms with Crippen LogP contribution in [-0.2, 0) is 42.9 Å². The average Bonchev–Trinajstić information content (AvgIpc) is 3.30. The maximum absolute atomic E-state index is 14.5. The van der Waals surface area contributed by atoms with Crippen LogP contribution in [0.5, 0.6) is 0 Å². The highest BCUT2D eigenvalue weighted by Crippen LogP contribution is 2.38. The van der Waals surface area contributed by atoms with E-state index in [0.717, 1.165) is 12.0 Å². The van der Waals surface area contributed by atoms with Gasteiger partial charge in [-0.1, -0.05) is 71.1 Å². The molecule has 4 N–H and O–H groups in total. The molecule has 14 heteroatoms. The standard InChI is InChI=1S/C52H84N2O12/c1-31-17-13-12-14-18-32(2)43(62-9)29-39-22-20-37(7)52(61,66-39)49(58)50(59)54-24-16-15-19-41(54)51(60)65-44(34(4)27-38-21-23-42(55)45(28-38)63-10)30-40(53-8)33(3)26-36(6)47(57)48(64-11)46(56)35(5)25-31/h12-14,17-18,26,31,33-35,37-45,47-48,53,55,57,61H,15-16,19-25,27-30H2,1-11H3/b14-12+,17-13+,32-18+,36-26+/t31?,33-,34-,35?,37-,38?,39+,40?,41?,42-,43+,44?,45-,47?,48+,52-/m1/s1. The van der Waals surface area contributed by atoms with Gasteiger partial charge in [0.15, 0.2) is 5.78 Å². The molecule has 3 aliphatic heterocycles. The van der Waals surface area contributed by atoms with E-state index in [0.29, 0.717) is 76.2 Å². The average molecular weight is 929 g/mol. The van der Waals surface area contributed by atoms with Crippen LogP contribution < -0.4 is 5.32 Å². The molecular formula is C52H84N2O12. The van der Waals surface area contributed by atoms with Crippen LogP contribution in [0, 0.1) is 35.5 Å². The van der Waals surface area contributed by atoms with E-state index in [1.165, 1.54) is 12.0 Å². The third kappa shape index (κ3) is 14.5. The van der Waals surface area contributed by atoms with E-state index in [2.05, 4.69) is 5.32 Å². The van der Waals surface area contributed by atoms with Gasteiger partial charge in [0, 0.05) is 58.6 Å². The lowest BCUT2D eigenvalue weighted by atomic mass is 9.78. The number of allylic oxidation sites excluding steroid dienone is 5. The summed E-state index contributed by atoms with van der Waals surface area (Å²) in [5, 5.41) is 37.5. The summed E-state index contributed by atoms with van der Waals surface area (Å²) in [6, 6.07) is -1.30. The van der Waals surface area contributed by atoms with Crippen LogP contribution in [-0.4, -0.2) is 139 Å². The normalized spacial score (nSPS) is 41.1. The molecular weight excluding hydrogens is 845 g/mol. The Morgan fingerprint density at radius 2 is 1.59 bits per heavy atom. The third-order valence-corrected chi connectivity index (χ3v) is 15.1. The van der Waals surface area contributed by atoms with Crippen molar-refractivity contribution in [2.45, 2.75) is 186 Å². The number of cyclic esters (lactones) is 1. The second kappa shape index (κ2) is 26.1. The molecule has 4 rings (SSSR count). The second-order valence-electron chi connectivity index (χ2n) is 20.1. The summed E-state index contributed by atoms with van der Waals surface area (Å²) in [5.41, 5.74) is 1.48. The molecule has 3 heterocycles. The highest BCUT2D eigenvalue weighted by molar-refractivity contribution is 6.39. The number of Topliss-reactive ketones (excluding diaryl/α,β-unsaturated/α-hetero) is 2. The first-order valence-electron chi connectivity index (χ1n) is 24.6. The minimum absolute atomic E-state index is 0.0552. The lowest BCUT2D eigenvalue weighted by Crippen LogP contribution is -2.61. The van der Waals surface area contributed by atoms with E-state index < -0.39 is 72.0 Å². The fourth-order valence-electron chi connectivity index (χ4n) is 10.7. The van der Waals surface area contributed by atoms with Crippen molar-refractivity contribution in [3.05, 3.63) is 47.6 Å². The summed E-state index contributed by atoms with van der Waals surface area (Å²) in [7, 11) is 6.47. The highest BCUT2D eigenvalue weighted by Gasteiger charge is 2.53. The van der Waals surface area contributed by atoms with Crippen molar-refractivity contribution in [3.8, 4) is 0 Å². The van der Waals surface area contributed by atoms with Gasteiger partial charge in [-0.3, -0.25) is 14.4 Å². The number of amides is 1. The SMILES string of the molecule is CNC1CC([C@H](C)CC2CC[C@@H](O)[C@H](OC)C2)OC(=O)C2CCCCN2C(=O)C(=O)[C@]2(O)O[C@@H](CC[C@H]2C)C[C@H](OC)/C(C)=C/C=C/C=C/C(C)CC(C)C(=O)[C@H](OC)C(O)/C(C)=C/[C@H]1C. The Balaban J connectivity index is 1.72. The number of piperidine rings is 1. The topological polar surface area (TPSA) is 190 Å². The van der Waals surface area contributed by atoms with Crippen molar-refractivity contribution in [2.75, 3.05) is 34.9 Å². The predicted octanol–water partition coefficient (Wildman–Crippen LogP) is 6.20. The molecule has 0 aromatic rings. The number of carbonyl (C=O) groups is 4. The van der Waals surface area contributed by atoms with Crippen LogP contribution >= 0.6 is 0 Å². The maximum Gasteiger partial charge on any atom is 0.329 e. The van der Waals surface area contributed by atoms with Crippen LogP contribution in [0.25, 0.3) is 0 Å². The van der Waals surface area contributed by atoms with E-state index in [9.17, 15) is 34.5 Å². The minimum Gasteiger partial charge on any atom is -0.460 e. The molecule has 7 unspecified atom stereocenters. The number of ether oxygens (including phenoxy) is 5. The largest absolute Gasteiger partial charge is 0.460 e. The fourth-order valence-corrected chi connectivity index (χ4v) is 10.7. The quantitative estimate of drug-likeness (QED) is 0.128. The van der Waals surface area contributed by atoms with Crippen molar-refractivity contribution in [3.63, 3.8) is 0 Å². The van der Waals surface area contributed by atoms with Crippen molar-refractivity contribution in [1.82, 2.24) is 10.2 Å². The highest BCUT2D eigenvalue weighted by atomic mass is 16.6. The number of hydrogen-bond donors (Lipinski definition) is 4. The number of nitrogens with one attached hydrogen (secondary N) is 1. The summed E-state index contributed by atoms with van der Waals surface area (Å²) in [4.78, 5) is 58.2. The van der Waals surface area contributed by atoms with Gasteiger partial charge in [0.05, 0.1) is 24.4 Å². The number of fused-ring (bicyclic) bond motifs is 3. The molecule has 14 nitrogen and oxygen atoms in total. The van der Waals surface area contributed by atoms with E-state index in [1.54, 1.807) is 28.1 Å². The lowest BCUT2D eigenvalue weighted by molar-refractivity contribution is -0.265. The first-order valence-corrected chi connectivity index (χ1v) is 24.6. The molecule has 2 saturated heterocycles. The van der Waals surface area contributed by atoms with Gasteiger partial charge >= 0.3 is 5.97 Å². The number of aliphatic hydroxyl groups excluding tert-OH is 2. The molecule has 1 amide bonds. The molecule has 1 saturated carbocycles. The number of esters is 1. The number of carbonyl (C=O) groups excluding carboxylic acids is 4. The third-order valence-electron chi connectivity index (χ3n) is 15.1. The Morgan fingerprint density at radius 1 is 0.864 bits per heavy atom. The molecule has 16 atom stereocenters. The minimum atomic E-state index is -2.39. The van der Waals surface area contributed by atoms with Gasteiger partial charge in [0.2, 0.25) is 5.79 Å². The summed E-state index contributed by atoms with van der Waals surface area (Å²) >= 11 is 0. The summed E-state index contributed by atoms with van der Waals surface area (Å²) < 4.78 is 29.8. The zero-order chi connectivity index (χ0) is 48.9. The first kappa shape index (κ1) is 55.5. The smallest absolute Gasteiger partial charge is 0.329 e. The summed E-state index contributed by atoms with van der Waals surface area (Å²) in [5.74, 6) is -6.41. The number of ketones is 2. The first-order chi connectivity index (χ1) is 31.3. The van der Waals surface area contributed by atoms with Crippen molar-refractivity contribution in [1.29, 1.82) is 0 Å². The Labute approximate surface area is 394 Å². The zero-order valence-electron chi connectivity index (χ0n) is 41.8. The summed E-state index contributed by atoms with van der Waals surface area (Å²) in [6.07, 6.45) is 13.4. The Hall–Kier alpha value is -3.08. The molecule has 3 fully saturated rings. The van der Waals surface area contributed by atoms with Crippen molar-refractivity contribution in [2.24, 2.45) is 35.5 Å². The Kier molecular flexibility index (Phi) is 21.9. The van der Waals surface area contributed by atoms with E-state index in [-0.39, 0.29) is 54.1 Å². The van der Waals surface area contributed by atoms with Crippen molar-refractivity contribution >= 4 is 23.4 Å². The number of methoxy groups -OCH3 is 3. The molecule has 0 aromatic heterocycles. The Bertz CT molecular complexity index is 1730. The molecule has 66 heavy (non-hydrogen) atoms. The van der Waals surface area contributed by atoms with Gasteiger partial charge in [0.1, 0.15) is 24.4 Å². The van der Waals surface area contributed by atoms with Crippen molar-refractivity contribution < 1.29 is 58.2 Å². The zero-order valence-corrected chi connectivity index (χ0v) is 41.8. The van der Waals surface area contributed by atoms with Gasteiger partial charge < -0.3 is 49.2 Å². The van der Waals surface area contributed by atoms with Crippen LogP contribution in [0.3, 0.4) is 0 Å². The van der Waals surface area contributed by atoms with Crippen LogP contribution in [0.15, 0.2) is 47.6 Å². The van der Waals surface area contributed by atoms with E-state index in [1.807, 2.05) is 78.1 Å². The van der Waals surface area contributed by atoms with Gasteiger partial charge in [-0.25, -0.2) is 4.79 Å². The van der Waals surface area contributed by atoms with E-state index >= 15 is 0 Å². The monoisotopic (exact) mass is 929 g/mol. The maximum atomic E-state index is 14.5. The van der Waals surface area contributed by atoms with Gasteiger partial charge in [0.25, 0.3) is 11.7 Å². The summed E-state index contributed by atoms with van der Waals surface area (Å²) in [6.45, 7) is 13.5. The van der Waals surface area contributed by atoms with Gasteiger partial charge in [-0.05, 0) is 120 Å². The van der Waals surface area contributed by atoms with E-state index in [4.69, 9.17) is 23.7 Å². The molecule has 4 aliphatic rings. The number of rotatable bonds is 7. The number of nitrogens with zero attached hydrogens (tertiary/aromatic N) is 1. The van der Waals surface area contributed by atoms with Gasteiger partial charge in [-0.2, -0.15) is 0 Å². The van der Waals surface area contributed by atoms with Crippen LogP contribution in [0.2, 0.25) is 0 Å². The predicted molar refractivity (Wildman–Crippen MR) is 253 cm³/mol. The Morgan fingerprint density at radius 3 is 2.26 bits per heavy atom. The van der Waals surface area contributed by atoms with Gasteiger partial charge in [-0.15, -0.1) is 0 Å². The van der Waals surface area contributed by atoms with Crippen LogP contribution in [0.4, 0.5) is 0 Å². The lowest BCUT2D eigenvalue weighted by Gasteiger charge is -2.43. The molecule has 0 aromatic carbocycles. The molecule has 0 spiro atoms. The molecule has 2 bridgehead atoms. The molecule has 1 aliphatic carbocycles.